The molecule has 1 aliphatic rings. The lowest BCUT2D eigenvalue weighted by Crippen LogP contribution is -2.02. The molecule has 0 unspecified atom stereocenters. The standard InChI is InChI=1S/C10H12O2/c11-7-8-6-10(8)12-9-4-2-1-3-5-9/h1-5,8,10-11H,6-7H2/t8-,10+/m0/s1. The third-order valence-corrected chi connectivity index (χ3v) is 2.12. The van der Waals surface area contributed by atoms with Crippen LogP contribution in [-0.2, 0) is 0 Å². The van der Waals surface area contributed by atoms with Crippen LogP contribution >= 0.6 is 0 Å². The summed E-state index contributed by atoms with van der Waals surface area (Å²) in [5, 5.41) is 8.77. The van der Waals surface area contributed by atoms with Gasteiger partial charge in [-0.2, -0.15) is 0 Å². The molecule has 2 heteroatoms. The van der Waals surface area contributed by atoms with E-state index < -0.39 is 0 Å². The predicted octanol–water partition coefficient (Wildman–Crippen LogP) is 1.45. The van der Waals surface area contributed by atoms with Crippen LogP contribution in [0.5, 0.6) is 5.75 Å². The van der Waals surface area contributed by atoms with Crippen molar-refractivity contribution in [2.75, 3.05) is 6.61 Å². The van der Waals surface area contributed by atoms with Crippen LogP contribution in [0.25, 0.3) is 0 Å². The number of aliphatic hydroxyl groups excluding tert-OH is 1. The molecule has 0 bridgehead atoms. The van der Waals surface area contributed by atoms with Crippen molar-refractivity contribution in [2.45, 2.75) is 12.5 Å². The van der Waals surface area contributed by atoms with Gasteiger partial charge < -0.3 is 9.84 Å². The van der Waals surface area contributed by atoms with Crippen LogP contribution in [-0.4, -0.2) is 17.8 Å². The average molecular weight is 164 g/mol. The molecule has 1 fully saturated rings. The normalized spacial score (nSPS) is 26.8. The molecule has 2 rings (SSSR count). The summed E-state index contributed by atoms with van der Waals surface area (Å²) < 4.78 is 5.57. The molecule has 1 aromatic carbocycles. The van der Waals surface area contributed by atoms with Gasteiger partial charge in [-0.1, -0.05) is 18.2 Å². The van der Waals surface area contributed by atoms with Gasteiger partial charge in [0.2, 0.25) is 0 Å². The molecule has 1 N–H and O–H groups in total. The van der Waals surface area contributed by atoms with Gasteiger partial charge in [0.25, 0.3) is 0 Å². The number of hydrogen-bond donors (Lipinski definition) is 1. The number of benzene rings is 1. The first-order valence-corrected chi connectivity index (χ1v) is 4.22. The van der Waals surface area contributed by atoms with Crippen LogP contribution in [0.1, 0.15) is 6.42 Å². The summed E-state index contributed by atoms with van der Waals surface area (Å²) in [7, 11) is 0. The minimum absolute atomic E-state index is 0.248. The molecule has 1 saturated carbocycles. The van der Waals surface area contributed by atoms with Gasteiger partial charge in [-0.05, 0) is 18.6 Å². The zero-order valence-electron chi connectivity index (χ0n) is 6.81. The van der Waals surface area contributed by atoms with Gasteiger partial charge in [0.15, 0.2) is 0 Å². The monoisotopic (exact) mass is 164 g/mol. The zero-order chi connectivity index (χ0) is 8.39. The summed E-state index contributed by atoms with van der Waals surface area (Å²) in [6, 6.07) is 9.74. The third-order valence-electron chi connectivity index (χ3n) is 2.12. The number of hydrogen-bond acceptors (Lipinski definition) is 2. The molecule has 2 nitrogen and oxygen atoms in total. The molecule has 0 spiro atoms. The highest BCUT2D eigenvalue weighted by molar-refractivity contribution is 5.22. The van der Waals surface area contributed by atoms with Gasteiger partial charge in [-0.15, -0.1) is 0 Å². The van der Waals surface area contributed by atoms with Crippen LogP contribution in [0.15, 0.2) is 30.3 Å². The quantitative estimate of drug-likeness (QED) is 0.732. The van der Waals surface area contributed by atoms with Crippen molar-refractivity contribution in [1.82, 2.24) is 0 Å². The van der Waals surface area contributed by atoms with E-state index in [4.69, 9.17) is 9.84 Å². The van der Waals surface area contributed by atoms with Crippen molar-refractivity contribution in [3.05, 3.63) is 30.3 Å². The Morgan fingerprint density at radius 1 is 1.33 bits per heavy atom. The van der Waals surface area contributed by atoms with E-state index in [0.717, 1.165) is 12.2 Å². The molecule has 0 heterocycles. The Labute approximate surface area is 71.8 Å². The van der Waals surface area contributed by atoms with E-state index in [1.807, 2.05) is 30.3 Å². The lowest BCUT2D eigenvalue weighted by Gasteiger charge is -2.03. The van der Waals surface area contributed by atoms with Crippen molar-refractivity contribution < 1.29 is 9.84 Å². The summed E-state index contributed by atoms with van der Waals surface area (Å²) in [5.41, 5.74) is 0. The topological polar surface area (TPSA) is 29.5 Å². The smallest absolute Gasteiger partial charge is 0.119 e. The van der Waals surface area contributed by atoms with Crippen LogP contribution in [0.2, 0.25) is 0 Å². The van der Waals surface area contributed by atoms with Crippen molar-refractivity contribution in [1.29, 1.82) is 0 Å². The van der Waals surface area contributed by atoms with E-state index >= 15 is 0 Å². The molecule has 0 aliphatic heterocycles. The summed E-state index contributed by atoms with van der Waals surface area (Å²) in [5.74, 6) is 1.27. The minimum Gasteiger partial charge on any atom is -0.490 e. The van der Waals surface area contributed by atoms with E-state index in [1.165, 1.54) is 0 Å². The molecule has 0 aromatic heterocycles. The lowest BCUT2D eigenvalue weighted by molar-refractivity contribution is 0.224. The van der Waals surface area contributed by atoms with E-state index in [-0.39, 0.29) is 12.7 Å². The molecule has 64 valence electrons. The number of para-hydroxylation sites is 1. The number of rotatable bonds is 3. The van der Waals surface area contributed by atoms with Crippen molar-refractivity contribution in [2.24, 2.45) is 5.92 Å². The fraction of sp³-hybridized carbons (Fsp3) is 0.400. The fourth-order valence-electron chi connectivity index (χ4n) is 1.23. The van der Waals surface area contributed by atoms with E-state index in [9.17, 15) is 0 Å². The molecular weight excluding hydrogens is 152 g/mol. The first kappa shape index (κ1) is 7.62. The fourth-order valence-corrected chi connectivity index (χ4v) is 1.23. The van der Waals surface area contributed by atoms with Gasteiger partial charge in [0.1, 0.15) is 11.9 Å². The van der Waals surface area contributed by atoms with Gasteiger partial charge in [-0.3, -0.25) is 0 Å². The SMILES string of the molecule is OC[C@@H]1C[C@H]1Oc1ccccc1. The Morgan fingerprint density at radius 2 is 2.08 bits per heavy atom. The Kier molecular flexibility index (Phi) is 2.00. The zero-order valence-corrected chi connectivity index (χ0v) is 6.81. The summed E-state index contributed by atoms with van der Waals surface area (Å²) in [4.78, 5) is 0. The third kappa shape index (κ3) is 1.59. The predicted molar refractivity (Wildman–Crippen MR) is 46.1 cm³/mol. The van der Waals surface area contributed by atoms with E-state index in [0.29, 0.717) is 5.92 Å². The highest BCUT2D eigenvalue weighted by Gasteiger charge is 2.38. The summed E-state index contributed by atoms with van der Waals surface area (Å²) >= 11 is 0. The van der Waals surface area contributed by atoms with Crippen LogP contribution in [0, 0.1) is 5.92 Å². The largest absolute Gasteiger partial charge is 0.490 e. The molecule has 0 amide bonds. The van der Waals surface area contributed by atoms with Gasteiger partial charge in [0, 0.05) is 12.5 Å². The maximum Gasteiger partial charge on any atom is 0.119 e. The van der Waals surface area contributed by atoms with Gasteiger partial charge >= 0.3 is 0 Å². The average Bonchev–Trinajstić information content (AvgIpc) is 2.85. The number of ether oxygens (including phenoxy) is 1. The molecule has 0 saturated heterocycles. The first-order chi connectivity index (χ1) is 5.90. The maximum atomic E-state index is 8.77. The van der Waals surface area contributed by atoms with E-state index in [1.54, 1.807) is 0 Å². The van der Waals surface area contributed by atoms with Gasteiger partial charge in [-0.25, -0.2) is 0 Å². The summed E-state index contributed by atoms with van der Waals surface area (Å²) in [6.45, 7) is 0.248. The molecular formula is C10H12O2. The molecule has 1 aliphatic carbocycles. The second-order valence-electron chi connectivity index (χ2n) is 3.15. The van der Waals surface area contributed by atoms with Gasteiger partial charge in [0.05, 0.1) is 0 Å². The highest BCUT2D eigenvalue weighted by Crippen LogP contribution is 2.33. The Balaban J connectivity index is 1.89. The Morgan fingerprint density at radius 3 is 2.67 bits per heavy atom. The Hall–Kier alpha value is -1.02. The second kappa shape index (κ2) is 3.15. The van der Waals surface area contributed by atoms with Crippen molar-refractivity contribution in [3.63, 3.8) is 0 Å². The molecule has 0 radical (unpaired) electrons. The van der Waals surface area contributed by atoms with E-state index in [2.05, 4.69) is 0 Å². The molecule has 12 heavy (non-hydrogen) atoms. The van der Waals surface area contributed by atoms with Crippen LogP contribution in [0.4, 0.5) is 0 Å². The van der Waals surface area contributed by atoms with Crippen LogP contribution < -0.4 is 4.74 Å². The molecule has 1 aromatic rings. The van der Waals surface area contributed by atoms with Crippen LogP contribution in [0.3, 0.4) is 0 Å². The minimum atomic E-state index is 0.248. The van der Waals surface area contributed by atoms with Crippen molar-refractivity contribution >= 4 is 0 Å². The van der Waals surface area contributed by atoms with Crippen molar-refractivity contribution in [3.8, 4) is 5.75 Å². The highest BCUT2D eigenvalue weighted by atomic mass is 16.5. The molecule has 2 atom stereocenters. The number of aliphatic hydroxyl groups is 1. The second-order valence-corrected chi connectivity index (χ2v) is 3.15. The lowest BCUT2D eigenvalue weighted by atomic mass is 10.3. The maximum absolute atomic E-state index is 8.77. The Bertz CT molecular complexity index is 245. The first-order valence-electron chi connectivity index (χ1n) is 4.22. The summed E-state index contributed by atoms with van der Waals surface area (Å²) in [6.07, 6.45) is 1.24.